The summed E-state index contributed by atoms with van der Waals surface area (Å²) in [7, 11) is 1.71. The van der Waals surface area contributed by atoms with E-state index < -0.39 is 0 Å². The smallest absolute Gasteiger partial charge is 0.331 e. The average molecular weight is 471 g/mol. The van der Waals surface area contributed by atoms with Crippen LogP contribution in [0.1, 0.15) is 67.2 Å². The summed E-state index contributed by atoms with van der Waals surface area (Å²) in [5, 5.41) is 0. The highest BCUT2D eigenvalue weighted by Gasteiger charge is 2.66. The molecular formula is C29H42O5. The summed E-state index contributed by atoms with van der Waals surface area (Å²) >= 11 is 0. The van der Waals surface area contributed by atoms with Crippen LogP contribution in [0.5, 0.6) is 0 Å². The van der Waals surface area contributed by atoms with Crippen LogP contribution < -0.4 is 0 Å². The topological polar surface area (TPSA) is 65.1 Å². The molecule has 0 spiro atoms. The molecule has 5 nitrogen and oxygen atoms in total. The predicted molar refractivity (Wildman–Crippen MR) is 136 cm³/mol. The van der Waals surface area contributed by atoms with Gasteiger partial charge in [0.25, 0.3) is 0 Å². The van der Waals surface area contributed by atoms with E-state index in [4.69, 9.17) is 14.2 Å². The Morgan fingerprint density at radius 2 is 1.62 bits per heavy atom. The standard InChI is InChI=1S/C29H42O5/c1-8-28(5)20-19-23(33-25(31)16-14-12-10-9-11-13-15-22(4)30)26(32-7)27(28)29(6)24(34-29)18-17-21(2)3/h9-17,23-24,26-27H,8,18-20H2,1-7H3/b11-9+,12-10+,15-13+,16-14+. The second-order valence-electron chi connectivity index (χ2n) is 10.1. The lowest BCUT2D eigenvalue weighted by Gasteiger charge is -2.50. The number of hydrogen-bond donors (Lipinski definition) is 0. The normalized spacial score (nSPS) is 33.7. The minimum atomic E-state index is -0.376. The number of ether oxygens (including phenoxy) is 3. The molecule has 6 atom stereocenters. The molecule has 2 rings (SSSR count). The summed E-state index contributed by atoms with van der Waals surface area (Å²) in [6.45, 7) is 12.4. The quantitative estimate of drug-likeness (QED) is 0.121. The number of carbonyl (C=O) groups is 2. The maximum atomic E-state index is 12.5. The van der Waals surface area contributed by atoms with Gasteiger partial charge in [-0.25, -0.2) is 4.79 Å². The fourth-order valence-electron chi connectivity index (χ4n) is 5.17. The van der Waals surface area contributed by atoms with Crippen molar-refractivity contribution in [3.8, 4) is 0 Å². The monoisotopic (exact) mass is 470 g/mol. The molecule has 0 bridgehead atoms. The molecule has 0 aromatic rings. The van der Waals surface area contributed by atoms with Crippen LogP contribution in [0, 0.1) is 11.3 Å². The fraction of sp³-hybridized carbons (Fsp3) is 0.586. The van der Waals surface area contributed by atoms with Crippen LogP contribution in [0.3, 0.4) is 0 Å². The number of carbonyl (C=O) groups excluding carboxylic acids is 2. The molecule has 2 aliphatic rings. The molecule has 0 N–H and O–H groups in total. The highest BCUT2D eigenvalue weighted by atomic mass is 16.6. The van der Waals surface area contributed by atoms with Crippen LogP contribution >= 0.6 is 0 Å². The van der Waals surface area contributed by atoms with Crippen molar-refractivity contribution in [3.05, 3.63) is 60.3 Å². The lowest BCUT2D eigenvalue weighted by Crippen LogP contribution is -2.55. The first-order valence-electron chi connectivity index (χ1n) is 12.3. The molecule has 1 aliphatic heterocycles. The number of esters is 1. The number of epoxide rings is 1. The van der Waals surface area contributed by atoms with Gasteiger partial charge in [0.05, 0.1) is 11.7 Å². The van der Waals surface area contributed by atoms with Gasteiger partial charge in [-0.2, -0.15) is 0 Å². The van der Waals surface area contributed by atoms with Gasteiger partial charge in [-0.1, -0.05) is 68.4 Å². The Labute approximate surface area is 205 Å². The Bertz CT molecular complexity index is 860. The number of methoxy groups -OCH3 is 1. The molecule has 1 heterocycles. The van der Waals surface area contributed by atoms with Gasteiger partial charge in [0.15, 0.2) is 5.78 Å². The van der Waals surface area contributed by atoms with Crippen molar-refractivity contribution in [2.24, 2.45) is 11.3 Å². The molecule has 0 aromatic carbocycles. The Kier molecular flexibility index (Phi) is 10.3. The molecule has 2 fully saturated rings. The molecule has 1 saturated carbocycles. The second-order valence-corrected chi connectivity index (χ2v) is 10.1. The lowest BCUT2D eigenvalue weighted by molar-refractivity contribution is -0.174. The second kappa shape index (κ2) is 12.5. The van der Waals surface area contributed by atoms with Gasteiger partial charge >= 0.3 is 5.97 Å². The minimum absolute atomic E-state index is 0.000457. The van der Waals surface area contributed by atoms with Crippen LogP contribution in [-0.4, -0.2) is 42.8 Å². The van der Waals surface area contributed by atoms with E-state index in [-0.39, 0.29) is 47.0 Å². The fourth-order valence-corrected chi connectivity index (χ4v) is 5.17. The first-order valence-corrected chi connectivity index (χ1v) is 12.3. The Balaban J connectivity index is 2.05. The third kappa shape index (κ3) is 7.38. The van der Waals surface area contributed by atoms with Crippen molar-refractivity contribution < 1.29 is 23.8 Å². The van der Waals surface area contributed by atoms with Gasteiger partial charge in [0.2, 0.25) is 0 Å². The molecule has 6 unspecified atom stereocenters. The first-order chi connectivity index (χ1) is 16.1. The molecule has 0 amide bonds. The predicted octanol–water partition coefficient (Wildman–Crippen LogP) is 6.07. The van der Waals surface area contributed by atoms with Gasteiger partial charge in [-0.05, 0) is 58.4 Å². The summed E-state index contributed by atoms with van der Waals surface area (Å²) in [6.07, 6.45) is 18.8. The van der Waals surface area contributed by atoms with Crippen molar-refractivity contribution in [2.75, 3.05) is 7.11 Å². The van der Waals surface area contributed by atoms with E-state index in [2.05, 4.69) is 40.7 Å². The minimum Gasteiger partial charge on any atom is -0.456 e. The highest BCUT2D eigenvalue weighted by molar-refractivity contribution is 5.87. The lowest BCUT2D eigenvalue weighted by atomic mass is 9.58. The summed E-state index contributed by atoms with van der Waals surface area (Å²) in [6, 6.07) is 0. The van der Waals surface area contributed by atoms with E-state index in [0.29, 0.717) is 0 Å². The van der Waals surface area contributed by atoms with Crippen LogP contribution in [0.15, 0.2) is 60.3 Å². The Hall–Kier alpha value is -2.24. The van der Waals surface area contributed by atoms with E-state index in [9.17, 15) is 9.59 Å². The van der Waals surface area contributed by atoms with Gasteiger partial charge in [-0.15, -0.1) is 0 Å². The summed E-state index contributed by atoms with van der Waals surface area (Å²) in [5.41, 5.74) is 1.06. The first kappa shape index (κ1) is 28.0. The van der Waals surface area contributed by atoms with Crippen LogP contribution in [0.4, 0.5) is 0 Å². The van der Waals surface area contributed by atoms with Crippen molar-refractivity contribution >= 4 is 11.8 Å². The van der Waals surface area contributed by atoms with Crippen LogP contribution in [0.2, 0.25) is 0 Å². The zero-order valence-electron chi connectivity index (χ0n) is 21.9. The molecule has 188 valence electrons. The van der Waals surface area contributed by atoms with Gasteiger partial charge in [0.1, 0.15) is 12.2 Å². The Morgan fingerprint density at radius 3 is 2.18 bits per heavy atom. The molecule has 1 saturated heterocycles. The molecule has 0 radical (unpaired) electrons. The maximum absolute atomic E-state index is 12.5. The molecule has 5 heteroatoms. The van der Waals surface area contributed by atoms with Crippen molar-refractivity contribution in [1.29, 1.82) is 0 Å². The summed E-state index contributed by atoms with van der Waals surface area (Å²) < 4.78 is 18.2. The van der Waals surface area contributed by atoms with Crippen LogP contribution in [-0.2, 0) is 23.8 Å². The number of hydrogen-bond acceptors (Lipinski definition) is 5. The van der Waals surface area contributed by atoms with E-state index in [0.717, 1.165) is 25.7 Å². The van der Waals surface area contributed by atoms with Crippen molar-refractivity contribution in [3.63, 3.8) is 0 Å². The number of ketones is 1. The highest BCUT2D eigenvalue weighted by Crippen LogP contribution is 2.58. The largest absolute Gasteiger partial charge is 0.456 e. The van der Waals surface area contributed by atoms with E-state index in [1.54, 1.807) is 43.6 Å². The third-order valence-corrected chi connectivity index (χ3v) is 7.25. The average Bonchev–Trinajstić information content (AvgIpc) is 3.45. The maximum Gasteiger partial charge on any atom is 0.331 e. The van der Waals surface area contributed by atoms with Gasteiger partial charge < -0.3 is 14.2 Å². The van der Waals surface area contributed by atoms with E-state index in [1.165, 1.54) is 24.6 Å². The van der Waals surface area contributed by atoms with Crippen molar-refractivity contribution in [1.82, 2.24) is 0 Å². The zero-order chi connectivity index (χ0) is 25.4. The van der Waals surface area contributed by atoms with E-state index in [1.807, 2.05) is 0 Å². The third-order valence-electron chi connectivity index (χ3n) is 7.25. The van der Waals surface area contributed by atoms with Crippen molar-refractivity contribution in [2.45, 2.75) is 91.1 Å². The number of rotatable bonds is 11. The summed E-state index contributed by atoms with van der Waals surface area (Å²) in [5.74, 6) is -0.242. The molecule has 34 heavy (non-hydrogen) atoms. The molecule has 1 aliphatic carbocycles. The van der Waals surface area contributed by atoms with Crippen LogP contribution in [0.25, 0.3) is 0 Å². The molecule has 0 aromatic heterocycles. The van der Waals surface area contributed by atoms with E-state index >= 15 is 0 Å². The SMILES string of the molecule is CCC1(C)CCC(OC(=O)/C=C/C=C/C=C/C=C/C(C)=O)C(OC)C1C1(C)OC1CC=C(C)C. The zero-order valence-corrected chi connectivity index (χ0v) is 21.9. The van der Waals surface area contributed by atoms with Gasteiger partial charge in [-0.3, -0.25) is 4.79 Å². The number of allylic oxidation sites excluding steroid dienone is 8. The van der Waals surface area contributed by atoms with Gasteiger partial charge in [0, 0.05) is 19.1 Å². The molecular weight excluding hydrogens is 428 g/mol. The summed E-state index contributed by atoms with van der Waals surface area (Å²) in [4.78, 5) is 23.4. The Morgan fingerprint density at radius 1 is 1.00 bits per heavy atom.